The molecule has 0 spiro atoms. The average molecular weight is 785 g/mol. The summed E-state index contributed by atoms with van der Waals surface area (Å²) in [6.07, 6.45) is 3.04. The number of pyridine rings is 2. The van der Waals surface area contributed by atoms with Gasteiger partial charge in [0.15, 0.2) is 0 Å². The van der Waals surface area contributed by atoms with Gasteiger partial charge in [-0.1, -0.05) is 79.7 Å². The van der Waals surface area contributed by atoms with E-state index >= 15 is 0 Å². The predicted octanol–water partition coefficient (Wildman–Crippen LogP) is 7.59. The van der Waals surface area contributed by atoms with E-state index in [0.29, 0.717) is 44.5 Å². The first-order valence-corrected chi connectivity index (χ1v) is 18.9. The second kappa shape index (κ2) is 15.4. The van der Waals surface area contributed by atoms with Crippen molar-refractivity contribution in [1.82, 2.24) is 9.97 Å². The average Bonchev–Trinajstić information content (AvgIpc) is 3.53. The number of ether oxygens (including phenoxy) is 1. The van der Waals surface area contributed by atoms with Crippen LogP contribution in [0.25, 0.3) is 21.8 Å². The van der Waals surface area contributed by atoms with Gasteiger partial charge in [0, 0.05) is 74.2 Å². The number of rotatable bonds is 6. The number of carbonyl (C=O) groups is 3. The summed E-state index contributed by atoms with van der Waals surface area (Å²) in [4.78, 5) is 68.9. The van der Waals surface area contributed by atoms with Gasteiger partial charge >= 0.3 is 5.97 Å². The van der Waals surface area contributed by atoms with Crippen LogP contribution in [0.15, 0.2) is 94.8 Å². The Kier molecular flexibility index (Phi) is 10.9. The van der Waals surface area contributed by atoms with Gasteiger partial charge in [0.25, 0.3) is 11.8 Å². The number of aromatic amines is 2. The van der Waals surface area contributed by atoms with Crippen LogP contribution in [0.5, 0.6) is 11.5 Å². The third kappa shape index (κ3) is 8.28. The highest BCUT2D eigenvalue weighted by Gasteiger charge is 2.30. The highest BCUT2D eigenvalue weighted by atomic mass is 16.5. The minimum atomic E-state index is -0.651. The van der Waals surface area contributed by atoms with E-state index in [-0.39, 0.29) is 57.6 Å². The number of phenolic OH excluding ortho intramolecular Hbond substituents is 1. The molecule has 4 aromatic carbocycles. The number of H-pyrrole nitrogens is 2. The van der Waals surface area contributed by atoms with E-state index in [0.717, 1.165) is 16.7 Å². The van der Waals surface area contributed by atoms with Crippen LogP contribution in [-0.4, -0.2) is 44.6 Å². The molecule has 58 heavy (non-hydrogen) atoms. The van der Waals surface area contributed by atoms with Crippen molar-refractivity contribution < 1.29 is 29.3 Å². The summed E-state index contributed by atoms with van der Waals surface area (Å²) in [6, 6.07) is 20.9. The third-order valence-corrected chi connectivity index (χ3v) is 10.2. The van der Waals surface area contributed by atoms with E-state index < -0.39 is 17.2 Å². The molecule has 0 unspecified atom stereocenters. The normalized spacial score (nSPS) is 12.7. The first-order valence-electron chi connectivity index (χ1n) is 18.9. The maximum Gasteiger partial charge on any atom is 0.315 e. The lowest BCUT2D eigenvalue weighted by Gasteiger charge is -2.29. The molecule has 6 aromatic rings. The molecule has 2 amide bonds. The zero-order chi connectivity index (χ0) is 42.3. The molecule has 0 aliphatic carbocycles. The van der Waals surface area contributed by atoms with Crippen LogP contribution in [-0.2, 0) is 27.5 Å². The number of phenols is 1. The lowest BCUT2D eigenvalue weighted by molar-refractivity contribution is -0.131. The Balaban J connectivity index is 0.000000196. The Labute approximate surface area is 335 Å². The summed E-state index contributed by atoms with van der Waals surface area (Å²) < 4.78 is 5.23. The Bertz CT molecular complexity index is 2730. The second-order valence-electron chi connectivity index (χ2n) is 17.2. The summed E-state index contributed by atoms with van der Waals surface area (Å²) in [5.41, 5.74) is 3.38. The standard InChI is InChI=1S/C24H28N2O4.C22H20N2O4/c1-23(2,3)16-10-17(24(4,5)13-27)20(28)11-19(16)26-22(30)15-12-25-18-9-7-6-8-14(18)21(15)29;1-22(2,3)15-8-12-9-19(25)28-18(12)10-17(15)24-21(27)14-11-23-16-7-5-4-6-13(16)20(14)26/h6-12,27-28H,13H2,1-5H3,(H,25,29)(H,26,30);4-8,10-11H,9H2,1-3H3,(H,23,26)(H,24,27). The fourth-order valence-electron chi connectivity index (χ4n) is 6.89. The number of amides is 2. The van der Waals surface area contributed by atoms with Gasteiger partial charge in [-0.15, -0.1) is 0 Å². The first-order chi connectivity index (χ1) is 27.2. The van der Waals surface area contributed by atoms with Crippen molar-refractivity contribution in [2.24, 2.45) is 0 Å². The Morgan fingerprint density at radius 2 is 1.14 bits per heavy atom. The maximum absolute atomic E-state index is 13.0. The fraction of sp³-hybridized carbons (Fsp3) is 0.283. The van der Waals surface area contributed by atoms with Gasteiger partial charge in [0.2, 0.25) is 10.9 Å². The molecule has 0 saturated carbocycles. The van der Waals surface area contributed by atoms with Crippen molar-refractivity contribution in [1.29, 1.82) is 0 Å². The lowest BCUT2D eigenvalue weighted by atomic mass is 9.78. The van der Waals surface area contributed by atoms with E-state index in [2.05, 4.69) is 20.6 Å². The Hall–Kier alpha value is -6.53. The number of para-hydroxylation sites is 2. The number of esters is 1. The number of aliphatic hydroxyl groups excluding tert-OH is 1. The Morgan fingerprint density at radius 1 is 0.672 bits per heavy atom. The van der Waals surface area contributed by atoms with Gasteiger partial charge in [-0.05, 0) is 58.4 Å². The van der Waals surface area contributed by atoms with Gasteiger partial charge in [0.05, 0.1) is 13.0 Å². The van der Waals surface area contributed by atoms with Crippen LogP contribution in [0.4, 0.5) is 11.4 Å². The molecule has 300 valence electrons. The lowest BCUT2D eigenvalue weighted by Crippen LogP contribution is -2.26. The summed E-state index contributed by atoms with van der Waals surface area (Å²) in [5.74, 6) is -0.961. The fourth-order valence-corrected chi connectivity index (χ4v) is 6.89. The number of aliphatic hydroxyl groups is 1. The molecule has 2 aromatic heterocycles. The SMILES string of the molecule is CC(C)(C)c1cc(C(C)(C)CO)c(O)cc1NC(=O)c1c[nH]c2ccccc2c1=O.CC(C)(C)c1cc2c(cc1NC(=O)c1c[nH]c3ccccc3c1=O)OC(=O)C2. The van der Waals surface area contributed by atoms with Crippen molar-refractivity contribution in [3.8, 4) is 11.5 Å². The molecular formula is C46H48N4O8. The van der Waals surface area contributed by atoms with Crippen molar-refractivity contribution in [2.45, 2.75) is 78.1 Å². The van der Waals surface area contributed by atoms with Crippen molar-refractivity contribution in [3.63, 3.8) is 0 Å². The number of carbonyl (C=O) groups excluding carboxylic acids is 3. The molecule has 0 fully saturated rings. The largest absolute Gasteiger partial charge is 0.508 e. The summed E-state index contributed by atoms with van der Waals surface area (Å²) in [5, 5.41) is 26.8. The number of benzene rings is 4. The van der Waals surface area contributed by atoms with Gasteiger partial charge in [-0.25, -0.2) is 0 Å². The summed E-state index contributed by atoms with van der Waals surface area (Å²) >= 11 is 0. The zero-order valence-corrected chi connectivity index (χ0v) is 33.8. The van der Waals surface area contributed by atoms with E-state index in [4.69, 9.17) is 4.74 Å². The molecule has 1 aliphatic heterocycles. The van der Waals surface area contributed by atoms with Gasteiger partial charge in [-0.2, -0.15) is 0 Å². The molecule has 1 aliphatic rings. The molecule has 0 atom stereocenters. The smallest absolute Gasteiger partial charge is 0.315 e. The maximum atomic E-state index is 13.0. The summed E-state index contributed by atoms with van der Waals surface area (Å²) in [6.45, 7) is 15.6. The summed E-state index contributed by atoms with van der Waals surface area (Å²) in [7, 11) is 0. The zero-order valence-electron chi connectivity index (χ0n) is 33.8. The van der Waals surface area contributed by atoms with Crippen LogP contribution >= 0.6 is 0 Å². The first kappa shape index (κ1) is 41.1. The van der Waals surface area contributed by atoms with Gasteiger partial charge in [-0.3, -0.25) is 24.0 Å². The monoisotopic (exact) mass is 784 g/mol. The molecule has 7 rings (SSSR count). The third-order valence-electron chi connectivity index (χ3n) is 10.2. The Morgan fingerprint density at radius 3 is 1.62 bits per heavy atom. The number of aromatic nitrogens is 2. The number of nitrogens with one attached hydrogen (secondary N) is 4. The van der Waals surface area contributed by atoms with Gasteiger partial charge < -0.3 is 35.6 Å². The molecule has 6 N–H and O–H groups in total. The number of aromatic hydroxyl groups is 1. The van der Waals surface area contributed by atoms with Crippen LogP contribution in [0.3, 0.4) is 0 Å². The van der Waals surface area contributed by atoms with Gasteiger partial charge in [0.1, 0.15) is 22.6 Å². The van der Waals surface area contributed by atoms with Crippen molar-refractivity contribution in [3.05, 3.63) is 139 Å². The van der Waals surface area contributed by atoms with Crippen LogP contribution < -0.4 is 26.2 Å². The highest BCUT2D eigenvalue weighted by Crippen LogP contribution is 2.40. The van der Waals surface area contributed by atoms with E-state index in [1.165, 1.54) is 18.5 Å². The highest BCUT2D eigenvalue weighted by molar-refractivity contribution is 6.07. The van der Waals surface area contributed by atoms with Crippen LogP contribution in [0.1, 0.15) is 98.4 Å². The number of anilines is 2. The second-order valence-corrected chi connectivity index (χ2v) is 17.2. The van der Waals surface area contributed by atoms with E-state index in [9.17, 15) is 34.2 Å². The van der Waals surface area contributed by atoms with Crippen LogP contribution in [0, 0.1) is 0 Å². The van der Waals surface area contributed by atoms with Crippen molar-refractivity contribution >= 4 is 51.0 Å². The minimum absolute atomic E-state index is 0.00665. The molecule has 0 bridgehead atoms. The molecule has 0 radical (unpaired) electrons. The van der Waals surface area contributed by atoms with Crippen molar-refractivity contribution in [2.75, 3.05) is 17.2 Å². The van der Waals surface area contributed by atoms with E-state index in [1.807, 2.05) is 79.7 Å². The molecular weight excluding hydrogens is 737 g/mol. The molecule has 0 saturated heterocycles. The number of fused-ring (bicyclic) bond motifs is 3. The minimum Gasteiger partial charge on any atom is -0.508 e. The van der Waals surface area contributed by atoms with Crippen LogP contribution in [0.2, 0.25) is 0 Å². The number of hydrogen-bond donors (Lipinski definition) is 6. The molecule has 12 heteroatoms. The predicted molar refractivity (Wildman–Crippen MR) is 226 cm³/mol. The quantitative estimate of drug-likeness (QED) is 0.0735. The molecule has 3 heterocycles. The van der Waals surface area contributed by atoms with E-state index in [1.54, 1.807) is 42.5 Å². The number of hydrogen-bond acceptors (Lipinski definition) is 8. The topological polar surface area (TPSA) is 191 Å². The molecule has 12 nitrogen and oxygen atoms in total.